The van der Waals surface area contributed by atoms with Gasteiger partial charge in [-0.15, -0.1) is 0 Å². The number of ether oxygens (including phenoxy) is 6. The summed E-state index contributed by atoms with van der Waals surface area (Å²) in [6.07, 6.45) is 9.56. The molecule has 0 aromatic heterocycles. The number of allylic oxidation sites excluding steroid dienone is 4. The third kappa shape index (κ3) is 11.5. The number of aliphatic hydroxyl groups excluding tert-OH is 2. The molecular weight excluding hydrogens is 584 g/mol. The summed E-state index contributed by atoms with van der Waals surface area (Å²) in [4.78, 5) is 24.9. The number of fused-ring (bicyclic) bond motifs is 12. The second-order valence-electron chi connectivity index (χ2n) is 11.9. The molecule has 45 heavy (non-hydrogen) atoms. The summed E-state index contributed by atoms with van der Waals surface area (Å²) in [7, 11) is 4.38. The highest BCUT2D eigenvalue weighted by molar-refractivity contribution is 5.70. The van der Waals surface area contributed by atoms with Crippen molar-refractivity contribution in [1.29, 1.82) is 0 Å². The number of carbonyl (C=O) groups excluding carboxylic acids is 1. The van der Waals surface area contributed by atoms with Crippen molar-refractivity contribution < 1.29 is 53.2 Å². The number of hydrogen-bond acceptors (Lipinski definition) is 11. The summed E-state index contributed by atoms with van der Waals surface area (Å²) in [5.74, 6) is -0.320. The van der Waals surface area contributed by atoms with Gasteiger partial charge in [-0.2, -0.15) is 0 Å². The van der Waals surface area contributed by atoms with Crippen LogP contribution in [0.25, 0.3) is 0 Å². The first-order valence-corrected chi connectivity index (χ1v) is 15.7. The highest BCUT2D eigenvalue weighted by atomic mass is 17.2. The van der Waals surface area contributed by atoms with E-state index >= 15 is 0 Å². The average molecular weight is 637 g/mol. The maximum Gasteiger partial charge on any atom is 0.309 e. The van der Waals surface area contributed by atoms with Gasteiger partial charge in [-0.3, -0.25) is 4.79 Å². The van der Waals surface area contributed by atoms with Crippen LogP contribution in [-0.2, 0) is 43.0 Å². The van der Waals surface area contributed by atoms with Gasteiger partial charge in [0.15, 0.2) is 12.6 Å². The third-order valence-electron chi connectivity index (χ3n) is 8.06. The quantitative estimate of drug-likeness (QED) is 0.225. The molecule has 0 radical (unpaired) electrons. The van der Waals surface area contributed by atoms with Crippen LogP contribution in [0.15, 0.2) is 59.8 Å². The zero-order valence-electron chi connectivity index (χ0n) is 27.6. The van der Waals surface area contributed by atoms with Gasteiger partial charge < -0.3 is 38.6 Å². The first-order valence-electron chi connectivity index (χ1n) is 15.7. The molecule has 0 spiro atoms. The summed E-state index contributed by atoms with van der Waals surface area (Å²) in [6, 6.07) is 0. The normalized spacial score (nSPS) is 39.6. The Bertz CT molecular complexity index is 1070. The van der Waals surface area contributed by atoms with Crippen LogP contribution in [0.4, 0.5) is 0 Å². The molecule has 4 aliphatic heterocycles. The number of hydrogen-bond donors (Lipinski definition) is 2. The van der Waals surface area contributed by atoms with Gasteiger partial charge in [0.1, 0.15) is 36.6 Å². The van der Waals surface area contributed by atoms with Gasteiger partial charge in [0, 0.05) is 27.8 Å². The fourth-order valence-corrected chi connectivity index (χ4v) is 5.68. The van der Waals surface area contributed by atoms with Gasteiger partial charge in [0.25, 0.3) is 0 Å². The van der Waals surface area contributed by atoms with Crippen LogP contribution in [0.1, 0.15) is 59.8 Å². The number of carbonyl (C=O) groups is 1. The minimum absolute atomic E-state index is 0.178. The smallest absolute Gasteiger partial charge is 0.309 e. The predicted molar refractivity (Wildman–Crippen MR) is 167 cm³/mol. The fraction of sp³-hybridized carbons (Fsp3) is 0.676. The summed E-state index contributed by atoms with van der Waals surface area (Å²) >= 11 is 0. The van der Waals surface area contributed by atoms with E-state index < -0.39 is 55.2 Å². The molecule has 254 valence electrons. The van der Waals surface area contributed by atoms with E-state index in [-0.39, 0.29) is 24.5 Å². The molecule has 4 heterocycles. The molecule has 2 bridgehead atoms. The van der Waals surface area contributed by atoms with Crippen molar-refractivity contribution in [3.05, 3.63) is 59.8 Å². The number of aliphatic hydroxyl groups is 2. The standard InChI is InChI=1S/C34H52O11/c1-8-9-11-21(2)17-27-19-26-15-14-25(44-45-26)18-22(3)16-23(4)28(38-5)13-10-12-24(20-29(35)41-27)42-34-31(37)32(39-6)30(36)33(40-7)43-34/h8-10,12,14-17,22,24-28,30-34,36-37H,11,13,18-20H2,1-7H3/b9-8+,12-10+,21-17-,23-16+/t22-,24-,25-,26-,27+,28+,30+,31-,32+,33+,34-/m1/s1. The van der Waals surface area contributed by atoms with Gasteiger partial charge in [0.2, 0.25) is 0 Å². The van der Waals surface area contributed by atoms with Crippen molar-refractivity contribution in [3.63, 3.8) is 0 Å². The lowest BCUT2D eigenvalue weighted by Crippen LogP contribution is -2.59. The molecule has 1 fully saturated rings. The molecule has 4 aliphatic rings. The monoisotopic (exact) mass is 636 g/mol. The molecule has 11 nitrogen and oxygen atoms in total. The Kier molecular flexibility index (Phi) is 15.6. The first kappa shape index (κ1) is 37.3. The summed E-state index contributed by atoms with van der Waals surface area (Å²) < 4.78 is 34.1. The zero-order valence-corrected chi connectivity index (χ0v) is 27.6. The van der Waals surface area contributed by atoms with Crippen LogP contribution in [0.2, 0.25) is 0 Å². The Morgan fingerprint density at radius 3 is 2.31 bits per heavy atom. The summed E-state index contributed by atoms with van der Waals surface area (Å²) in [6.45, 7) is 8.08. The highest BCUT2D eigenvalue weighted by Gasteiger charge is 2.46. The van der Waals surface area contributed by atoms with Crippen molar-refractivity contribution in [2.45, 2.75) is 121 Å². The second-order valence-corrected chi connectivity index (χ2v) is 11.9. The molecule has 0 amide bonds. The van der Waals surface area contributed by atoms with E-state index in [1.807, 2.05) is 57.2 Å². The van der Waals surface area contributed by atoms with Crippen LogP contribution in [0, 0.1) is 5.92 Å². The van der Waals surface area contributed by atoms with E-state index in [9.17, 15) is 15.0 Å². The van der Waals surface area contributed by atoms with Crippen molar-refractivity contribution in [3.8, 4) is 0 Å². The topological polar surface area (TPSA) is 131 Å². The van der Waals surface area contributed by atoms with Crippen LogP contribution in [-0.4, -0.2) is 98.9 Å². The maximum atomic E-state index is 13.4. The molecule has 0 aliphatic carbocycles. The molecule has 0 aromatic rings. The third-order valence-corrected chi connectivity index (χ3v) is 8.06. The SMILES string of the molecule is C/C=C/C/C(C)=C\[C@H]1C[C@H]2C=C[C@H](C[C@H](C)/C=C(\C)[C@@H](OC)C/C=C/[C@@H](O[C@@H]3O[C@H](OC)[C@@H](O)[C@H](OC)[C@H]3O)CC(=O)O1)OO2. The summed E-state index contributed by atoms with van der Waals surface area (Å²) in [5, 5.41) is 21.4. The van der Waals surface area contributed by atoms with Gasteiger partial charge in [-0.25, -0.2) is 9.78 Å². The van der Waals surface area contributed by atoms with E-state index in [0.717, 1.165) is 17.6 Å². The van der Waals surface area contributed by atoms with Gasteiger partial charge >= 0.3 is 5.97 Å². The van der Waals surface area contributed by atoms with Crippen molar-refractivity contribution in [1.82, 2.24) is 0 Å². The molecule has 1 saturated heterocycles. The molecule has 0 saturated carbocycles. The Balaban J connectivity index is 1.91. The van der Waals surface area contributed by atoms with E-state index in [0.29, 0.717) is 19.3 Å². The van der Waals surface area contributed by atoms with Gasteiger partial charge in [0.05, 0.1) is 18.6 Å². The van der Waals surface area contributed by atoms with Crippen molar-refractivity contribution in [2.75, 3.05) is 21.3 Å². The van der Waals surface area contributed by atoms with Crippen LogP contribution in [0.3, 0.4) is 0 Å². The van der Waals surface area contributed by atoms with Crippen LogP contribution < -0.4 is 0 Å². The Hall–Kier alpha value is -2.19. The van der Waals surface area contributed by atoms with E-state index in [4.69, 9.17) is 38.2 Å². The zero-order chi connectivity index (χ0) is 32.9. The van der Waals surface area contributed by atoms with Crippen LogP contribution >= 0.6 is 0 Å². The molecule has 11 heteroatoms. The number of rotatable bonds is 8. The number of methoxy groups -OCH3 is 3. The molecule has 0 aromatic carbocycles. The number of esters is 1. The van der Waals surface area contributed by atoms with E-state index in [2.05, 4.69) is 13.0 Å². The molecule has 11 atom stereocenters. The minimum Gasteiger partial charge on any atom is -0.458 e. The Labute approximate surface area is 267 Å². The lowest BCUT2D eigenvalue weighted by Gasteiger charge is -2.41. The van der Waals surface area contributed by atoms with E-state index in [1.54, 1.807) is 13.2 Å². The second kappa shape index (κ2) is 18.8. The van der Waals surface area contributed by atoms with E-state index in [1.165, 1.54) is 14.2 Å². The van der Waals surface area contributed by atoms with Crippen LogP contribution in [0.5, 0.6) is 0 Å². The Morgan fingerprint density at radius 1 is 1.00 bits per heavy atom. The predicted octanol–water partition coefficient (Wildman–Crippen LogP) is 4.24. The van der Waals surface area contributed by atoms with Gasteiger partial charge in [-0.1, -0.05) is 55.0 Å². The fourth-order valence-electron chi connectivity index (χ4n) is 5.68. The first-order chi connectivity index (χ1) is 21.6. The van der Waals surface area contributed by atoms with Crippen molar-refractivity contribution in [2.24, 2.45) is 5.92 Å². The largest absolute Gasteiger partial charge is 0.458 e. The average Bonchev–Trinajstić information content (AvgIpc) is 3.00. The molecule has 0 unspecified atom stereocenters. The lowest BCUT2D eigenvalue weighted by molar-refractivity contribution is -0.352. The lowest BCUT2D eigenvalue weighted by atomic mass is 9.96. The molecular formula is C34H52O11. The minimum atomic E-state index is -1.35. The summed E-state index contributed by atoms with van der Waals surface area (Å²) in [5.41, 5.74) is 2.09. The molecule has 2 N–H and O–H groups in total. The maximum absolute atomic E-state index is 13.4. The van der Waals surface area contributed by atoms with Crippen molar-refractivity contribution >= 4 is 5.97 Å². The Morgan fingerprint density at radius 2 is 1.69 bits per heavy atom. The highest BCUT2D eigenvalue weighted by Crippen LogP contribution is 2.28. The van der Waals surface area contributed by atoms with Gasteiger partial charge in [-0.05, 0) is 57.6 Å². The molecule has 4 rings (SSSR count).